The Balaban J connectivity index is 1.87. The van der Waals surface area contributed by atoms with E-state index < -0.39 is 19.1 Å². The molecular formula is C23H31N3O2Si. The third kappa shape index (κ3) is 4.82. The maximum absolute atomic E-state index is 12.7. The van der Waals surface area contributed by atoms with E-state index in [2.05, 4.69) is 42.2 Å². The number of amides is 1. The van der Waals surface area contributed by atoms with E-state index in [1.165, 1.54) is 0 Å². The normalized spacial score (nSPS) is 26.3. The molecule has 0 N–H and O–H groups in total. The quantitative estimate of drug-likeness (QED) is 0.501. The highest BCUT2D eigenvalue weighted by Gasteiger charge is 2.52. The second-order valence-electron chi connectivity index (χ2n) is 10.3. The van der Waals surface area contributed by atoms with E-state index in [-0.39, 0.29) is 18.2 Å². The molecule has 0 unspecified atom stereocenters. The Morgan fingerprint density at radius 1 is 1.24 bits per heavy atom. The lowest BCUT2D eigenvalue weighted by molar-refractivity contribution is 0.00232. The number of hydrogen-bond acceptors (Lipinski definition) is 4. The summed E-state index contributed by atoms with van der Waals surface area (Å²) in [5, 5.41) is 10.2. The lowest BCUT2D eigenvalue weighted by Crippen LogP contribution is -2.52. The second kappa shape index (κ2) is 7.50. The molecule has 6 heteroatoms. The van der Waals surface area contributed by atoms with Gasteiger partial charge in [-0.15, -0.1) is 5.54 Å². The Hall–Kier alpha value is -2.31. The number of pyridine rings is 1. The van der Waals surface area contributed by atoms with Gasteiger partial charge >= 0.3 is 6.09 Å². The number of rotatable bonds is 1. The maximum atomic E-state index is 12.7. The predicted molar refractivity (Wildman–Crippen MR) is 116 cm³/mol. The van der Waals surface area contributed by atoms with Gasteiger partial charge in [0, 0.05) is 30.0 Å². The van der Waals surface area contributed by atoms with Gasteiger partial charge in [-0.2, -0.15) is 5.26 Å². The molecule has 3 heterocycles. The van der Waals surface area contributed by atoms with Crippen LogP contribution in [0.2, 0.25) is 19.6 Å². The molecule has 2 fully saturated rings. The summed E-state index contributed by atoms with van der Waals surface area (Å²) in [5.74, 6) is 3.25. The molecule has 29 heavy (non-hydrogen) atoms. The SMILES string of the molecule is CC(C)(C)OC(=O)N1[C@@H]2CC[C@H]1C[C@](C#N)(c1cncc(C#C[Si](C)(C)C)c1)C2. The predicted octanol–water partition coefficient (Wildman–Crippen LogP) is 4.63. The lowest BCUT2D eigenvalue weighted by Gasteiger charge is -2.43. The van der Waals surface area contributed by atoms with E-state index >= 15 is 0 Å². The van der Waals surface area contributed by atoms with Gasteiger partial charge in [-0.3, -0.25) is 4.98 Å². The fourth-order valence-electron chi connectivity index (χ4n) is 4.28. The molecular weight excluding hydrogens is 378 g/mol. The number of carbonyl (C=O) groups is 1. The van der Waals surface area contributed by atoms with Crippen molar-refractivity contribution in [1.29, 1.82) is 5.26 Å². The molecule has 154 valence electrons. The number of nitriles is 1. The van der Waals surface area contributed by atoms with Crippen molar-refractivity contribution in [2.45, 2.75) is 89.2 Å². The number of aromatic nitrogens is 1. The first-order chi connectivity index (χ1) is 13.4. The monoisotopic (exact) mass is 409 g/mol. The van der Waals surface area contributed by atoms with Gasteiger partial charge in [-0.05, 0) is 58.1 Å². The van der Waals surface area contributed by atoms with Crippen molar-refractivity contribution >= 4 is 14.2 Å². The average Bonchev–Trinajstić information content (AvgIpc) is 2.89. The van der Waals surface area contributed by atoms with Crippen LogP contribution in [-0.4, -0.2) is 41.7 Å². The topological polar surface area (TPSA) is 66.2 Å². The van der Waals surface area contributed by atoms with Gasteiger partial charge < -0.3 is 9.64 Å². The Morgan fingerprint density at radius 2 is 1.86 bits per heavy atom. The zero-order valence-electron chi connectivity index (χ0n) is 18.4. The van der Waals surface area contributed by atoms with Gasteiger partial charge in [0.2, 0.25) is 0 Å². The highest BCUT2D eigenvalue weighted by atomic mass is 28.3. The Labute approximate surface area is 175 Å². The summed E-state index contributed by atoms with van der Waals surface area (Å²) in [4.78, 5) is 19.0. The molecule has 0 aromatic carbocycles. The summed E-state index contributed by atoms with van der Waals surface area (Å²) in [7, 11) is -1.49. The molecule has 0 radical (unpaired) electrons. The molecule has 1 aromatic rings. The fraction of sp³-hybridized carbons (Fsp3) is 0.609. The zero-order valence-corrected chi connectivity index (χ0v) is 19.4. The van der Waals surface area contributed by atoms with Crippen molar-refractivity contribution in [2.75, 3.05) is 0 Å². The largest absolute Gasteiger partial charge is 0.444 e. The number of nitrogens with zero attached hydrogens (tertiary/aromatic N) is 3. The smallest absolute Gasteiger partial charge is 0.410 e. The number of hydrogen-bond donors (Lipinski definition) is 0. The first-order valence-corrected chi connectivity index (χ1v) is 13.8. The molecule has 0 saturated carbocycles. The van der Waals surface area contributed by atoms with Gasteiger partial charge in [0.25, 0.3) is 0 Å². The van der Waals surface area contributed by atoms with Crippen LogP contribution in [0.25, 0.3) is 0 Å². The summed E-state index contributed by atoms with van der Waals surface area (Å²) >= 11 is 0. The highest BCUT2D eigenvalue weighted by molar-refractivity contribution is 6.83. The van der Waals surface area contributed by atoms with Crippen LogP contribution in [0.3, 0.4) is 0 Å². The number of piperidine rings is 1. The first kappa shape index (κ1) is 21.4. The summed E-state index contributed by atoms with van der Waals surface area (Å²) < 4.78 is 5.63. The highest BCUT2D eigenvalue weighted by Crippen LogP contribution is 2.47. The summed E-state index contributed by atoms with van der Waals surface area (Å²) in [6.45, 7) is 12.3. The minimum absolute atomic E-state index is 0.0278. The van der Waals surface area contributed by atoms with Crippen LogP contribution in [-0.2, 0) is 10.2 Å². The second-order valence-corrected chi connectivity index (χ2v) is 15.1. The lowest BCUT2D eigenvalue weighted by atomic mass is 9.71. The van der Waals surface area contributed by atoms with E-state index in [9.17, 15) is 10.1 Å². The first-order valence-electron chi connectivity index (χ1n) is 10.3. The van der Waals surface area contributed by atoms with Crippen molar-refractivity contribution in [3.63, 3.8) is 0 Å². The molecule has 1 amide bonds. The van der Waals surface area contributed by atoms with Crippen molar-refractivity contribution in [1.82, 2.24) is 9.88 Å². The third-order valence-electron chi connectivity index (χ3n) is 5.48. The molecule has 3 atom stereocenters. The molecule has 2 aliphatic heterocycles. The average molecular weight is 410 g/mol. The molecule has 2 bridgehead atoms. The van der Waals surface area contributed by atoms with E-state index in [0.717, 1.165) is 24.0 Å². The van der Waals surface area contributed by atoms with Gasteiger partial charge in [-0.1, -0.05) is 25.6 Å². The van der Waals surface area contributed by atoms with Crippen molar-refractivity contribution < 1.29 is 9.53 Å². The molecule has 2 saturated heterocycles. The van der Waals surface area contributed by atoms with Crippen LogP contribution in [0.15, 0.2) is 18.5 Å². The molecule has 5 nitrogen and oxygen atoms in total. The Morgan fingerprint density at radius 3 is 2.38 bits per heavy atom. The molecule has 1 aromatic heterocycles. The fourth-order valence-corrected chi connectivity index (χ4v) is 4.80. The van der Waals surface area contributed by atoms with Gasteiger partial charge in [0.1, 0.15) is 13.7 Å². The van der Waals surface area contributed by atoms with Crippen LogP contribution in [0.5, 0.6) is 0 Å². The van der Waals surface area contributed by atoms with Crippen LogP contribution in [0, 0.1) is 22.8 Å². The van der Waals surface area contributed by atoms with E-state index in [4.69, 9.17) is 4.74 Å². The van der Waals surface area contributed by atoms with Crippen molar-refractivity contribution in [3.05, 3.63) is 29.6 Å². The maximum Gasteiger partial charge on any atom is 0.410 e. The summed E-state index contributed by atoms with van der Waals surface area (Å²) in [6, 6.07) is 4.66. The third-order valence-corrected chi connectivity index (χ3v) is 6.35. The van der Waals surface area contributed by atoms with Gasteiger partial charge in [0.05, 0.1) is 11.5 Å². The van der Waals surface area contributed by atoms with E-state index in [0.29, 0.717) is 12.8 Å². The van der Waals surface area contributed by atoms with Crippen molar-refractivity contribution in [2.24, 2.45) is 0 Å². The Kier molecular flexibility index (Phi) is 5.53. The summed E-state index contributed by atoms with van der Waals surface area (Å²) in [5.41, 5.74) is 4.00. The zero-order chi connectivity index (χ0) is 21.4. The molecule has 0 aliphatic carbocycles. The van der Waals surface area contributed by atoms with E-state index in [1.807, 2.05) is 31.7 Å². The number of ether oxygens (including phenoxy) is 1. The Bertz CT molecular complexity index is 882. The van der Waals surface area contributed by atoms with Crippen LogP contribution in [0.1, 0.15) is 57.6 Å². The molecule has 2 aliphatic rings. The standard InChI is InChI=1S/C23H31N3O2Si/c1-22(2,3)28-21(27)26-19-7-8-20(26)13-23(12-19,16-24)18-11-17(14-25-15-18)9-10-29(4,5)6/h11,14-15,19-20H,7-8,12-13H2,1-6H3/t19-,20+,23-. The summed E-state index contributed by atoms with van der Waals surface area (Å²) in [6.07, 6.45) is 6.37. The number of carbonyl (C=O) groups excluding carboxylic acids is 1. The minimum Gasteiger partial charge on any atom is -0.444 e. The van der Waals surface area contributed by atoms with Gasteiger partial charge in [-0.25, -0.2) is 4.79 Å². The molecule has 0 spiro atoms. The molecule has 3 rings (SSSR count). The van der Waals surface area contributed by atoms with Crippen molar-refractivity contribution in [3.8, 4) is 17.5 Å². The minimum atomic E-state index is -1.49. The number of fused-ring (bicyclic) bond motifs is 2. The van der Waals surface area contributed by atoms with Crippen LogP contribution >= 0.6 is 0 Å². The van der Waals surface area contributed by atoms with Crippen LogP contribution < -0.4 is 0 Å². The van der Waals surface area contributed by atoms with E-state index in [1.54, 1.807) is 12.4 Å². The van der Waals surface area contributed by atoms with Gasteiger partial charge in [0.15, 0.2) is 0 Å². The van der Waals surface area contributed by atoms with Crippen LogP contribution in [0.4, 0.5) is 4.79 Å².